The van der Waals surface area contributed by atoms with Gasteiger partial charge in [-0.05, 0) is 43.9 Å². The monoisotopic (exact) mass is 218 g/mol. The van der Waals surface area contributed by atoms with Gasteiger partial charge in [-0.3, -0.25) is 4.79 Å². The summed E-state index contributed by atoms with van der Waals surface area (Å²) in [6, 6.07) is 6.06. The zero-order chi connectivity index (χ0) is 11.8. The lowest BCUT2D eigenvalue weighted by Crippen LogP contribution is -2.31. The Kier molecular flexibility index (Phi) is 2.72. The molecule has 1 saturated carbocycles. The summed E-state index contributed by atoms with van der Waals surface area (Å²) >= 11 is 0. The molecule has 0 radical (unpaired) electrons. The van der Waals surface area contributed by atoms with E-state index in [0.29, 0.717) is 6.54 Å². The van der Waals surface area contributed by atoms with E-state index in [1.54, 1.807) is 0 Å². The van der Waals surface area contributed by atoms with Crippen molar-refractivity contribution in [2.75, 3.05) is 11.9 Å². The van der Waals surface area contributed by atoms with E-state index in [1.807, 2.05) is 32.0 Å². The molecular weight excluding hydrogens is 200 g/mol. The molecule has 0 bridgehead atoms. The summed E-state index contributed by atoms with van der Waals surface area (Å²) in [6.45, 7) is 4.46. The normalized spacial score (nSPS) is 16.9. The SMILES string of the molecule is Cc1ccc(C)c(NC(=O)C2(CN)CC2)c1. The molecule has 1 amide bonds. The average molecular weight is 218 g/mol. The molecule has 3 N–H and O–H groups in total. The van der Waals surface area contributed by atoms with Gasteiger partial charge in [-0.1, -0.05) is 12.1 Å². The lowest BCUT2D eigenvalue weighted by molar-refractivity contribution is -0.120. The van der Waals surface area contributed by atoms with Gasteiger partial charge in [0.15, 0.2) is 0 Å². The van der Waals surface area contributed by atoms with Crippen LogP contribution in [0.1, 0.15) is 24.0 Å². The van der Waals surface area contributed by atoms with Crippen LogP contribution >= 0.6 is 0 Å². The molecule has 0 aliphatic heterocycles. The van der Waals surface area contributed by atoms with Crippen molar-refractivity contribution in [2.45, 2.75) is 26.7 Å². The number of carbonyl (C=O) groups is 1. The van der Waals surface area contributed by atoms with Crippen LogP contribution in [0.4, 0.5) is 5.69 Å². The molecule has 3 heteroatoms. The van der Waals surface area contributed by atoms with Crippen LogP contribution in [0, 0.1) is 19.3 Å². The first-order chi connectivity index (χ1) is 7.57. The molecule has 1 fully saturated rings. The van der Waals surface area contributed by atoms with Crippen molar-refractivity contribution >= 4 is 11.6 Å². The van der Waals surface area contributed by atoms with Crippen LogP contribution in [-0.2, 0) is 4.79 Å². The lowest BCUT2D eigenvalue weighted by atomic mass is 10.1. The Morgan fingerprint density at radius 2 is 2.12 bits per heavy atom. The molecule has 0 unspecified atom stereocenters. The van der Waals surface area contributed by atoms with Crippen molar-refractivity contribution in [2.24, 2.45) is 11.1 Å². The molecule has 2 rings (SSSR count). The minimum Gasteiger partial charge on any atom is -0.329 e. The zero-order valence-electron chi connectivity index (χ0n) is 9.84. The van der Waals surface area contributed by atoms with Crippen LogP contribution in [-0.4, -0.2) is 12.5 Å². The quantitative estimate of drug-likeness (QED) is 0.815. The smallest absolute Gasteiger partial charge is 0.231 e. The first kappa shape index (κ1) is 11.1. The molecule has 3 nitrogen and oxygen atoms in total. The number of hydrogen-bond acceptors (Lipinski definition) is 2. The molecule has 0 spiro atoms. The maximum atomic E-state index is 12.0. The minimum absolute atomic E-state index is 0.0729. The van der Waals surface area contributed by atoms with Crippen LogP contribution in [0.15, 0.2) is 18.2 Å². The van der Waals surface area contributed by atoms with E-state index in [4.69, 9.17) is 5.73 Å². The third-order valence-corrected chi connectivity index (χ3v) is 3.37. The first-order valence-electron chi connectivity index (χ1n) is 5.66. The summed E-state index contributed by atoms with van der Waals surface area (Å²) in [5, 5.41) is 2.99. The number of aryl methyl sites for hydroxylation is 2. The molecule has 1 aromatic rings. The Balaban J connectivity index is 2.15. The topological polar surface area (TPSA) is 55.1 Å². The highest BCUT2D eigenvalue weighted by Gasteiger charge is 2.48. The number of amides is 1. The summed E-state index contributed by atoms with van der Waals surface area (Å²) < 4.78 is 0. The first-order valence-corrected chi connectivity index (χ1v) is 5.66. The van der Waals surface area contributed by atoms with Gasteiger partial charge in [0.05, 0.1) is 5.41 Å². The van der Waals surface area contributed by atoms with Gasteiger partial charge in [-0.25, -0.2) is 0 Å². The predicted molar refractivity (Wildman–Crippen MR) is 65.3 cm³/mol. The van der Waals surface area contributed by atoms with Crippen molar-refractivity contribution in [1.82, 2.24) is 0 Å². The van der Waals surface area contributed by atoms with Crippen LogP contribution in [0.5, 0.6) is 0 Å². The van der Waals surface area contributed by atoms with Crippen molar-refractivity contribution in [1.29, 1.82) is 0 Å². The van der Waals surface area contributed by atoms with Gasteiger partial charge in [0.1, 0.15) is 0 Å². The Labute approximate surface area is 96.0 Å². The fourth-order valence-electron chi connectivity index (χ4n) is 1.80. The zero-order valence-corrected chi connectivity index (χ0v) is 9.84. The van der Waals surface area contributed by atoms with Gasteiger partial charge in [0, 0.05) is 12.2 Å². The van der Waals surface area contributed by atoms with Gasteiger partial charge in [-0.15, -0.1) is 0 Å². The highest BCUT2D eigenvalue weighted by molar-refractivity contribution is 5.97. The Morgan fingerprint density at radius 1 is 1.44 bits per heavy atom. The summed E-state index contributed by atoms with van der Waals surface area (Å²) in [5.74, 6) is 0.0729. The van der Waals surface area contributed by atoms with Crippen LogP contribution in [0.25, 0.3) is 0 Å². The Hall–Kier alpha value is -1.35. The summed E-state index contributed by atoms with van der Waals surface area (Å²) in [7, 11) is 0. The number of hydrogen-bond donors (Lipinski definition) is 2. The Bertz CT molecular complexity index is 422. The second kappa shape index (κ2) is 3.91. The number of rotatable bonds is 3. The molecule has 0 atom stereocenters. The van der Waals surface area contributed by atoms with E-state index in [1.165, 1.54) is 0 Å². The summed E-state index contributed by atoms with van der Waals surface area (Å²) in [6.07, 6.45) is 1.83. The fourth-order valence-corrected chi connectivity index (χ4v) is 1.80. The number of nitrogens with two attached hydrogens (primary N) is 1. The molecule has 0 heterocycles. The number of benzene rings is 1. The average Bonchev–Trinajstić information content (AvgIpc) is 3.04. The van der Waals surface area contributed by atoms with Gasteiger partial charge in [0.2, 0.25) is 5.91 Å². The van der Waals surface area contributed by atoms with E-state index < -0.39 is 0 Å². The second-order valence-electron chi connectivity index (χ2n) is 4.76. The van der Waals surface area contributed by atoms with Crippen LogP contribution in [0.3, 0.4) is 0 Å². The minimum atomic E-state index is -0.282. The van der Waals surface area contributed by atoms with E-state index in [-0.39, 0.29) is 11.3 Å². The fraction of sp³-hybridized carbons (Fsp3) is 0.462. The molecule has 16 heavy (non-hydrogen) atoms. The molecule has 86 valence electrons. The molecule has 1 aliphatic rings. The largest absolute Gasteiger partial charge is 0.329 e. The Morgan fingerprint density at radius 3 is 2.69 bits per heavy atom. The highest BCUT2D eigenvalue weighted by atomic mass is 16.2. The highest BCUT2D eigenvalue weighted by Crippen LogP contribution is 2.45. The molecule has 1 aliphatic carbocycles. The number of nitrogens with one attached hydrogen (secondary N) is 1. The summed E-state index contributed by atoms with van der Waals surface area (Å²) in [5.41, 5.74) is 8.50. The van der Waals surface area contributed by atoms with E-state index in [9.17, 15) is 4.79 Å². The maximum Gasteiger partial charge on any atom is 0.231 e. The van der Waals surface area contributed by atoms with E-state index in [0.717, 1.165) is 29.7 Å². The number of carbonyl (C=O) groups excluding carboxylic acids is 1. The van der Waals surface area contributed by atoms with E-state index in [2.05, 4.69) is 5.32 Å². The van der Waals surface area contributed by atoms with Crippen molar-refractivity contribution in [3.8, 4) is 0 Å². The third-order valence-electron chi connectivity index (χ3n) is 3.37. The molecule has 0 saturated heterocycles. The van der Waals surface area contributed by atoms with Crippen LogP contribution in [0.2, 0.25) is 0 Å². The lowest BCUT2D eigenvalue weighted by Gasteiger charge is -2.14. The molecule has 1 aromatic carbocycles. The molecular formula is C13H18N2O. The van der Waals surface area contributed by atoms with Crippen molar-refractivity contribution in [3.05, 3.63) is 29.3 Å². The maximum absolute atomic E-state index is 12.0. The second-order valence-corrected chi connectivity index (χ2v) is 4.76. The molecule has 0 aromatic heterocycles. The van der Waals surface area contributed by atoms with Gasteiger partial charge >= 0.3 is 0 Å². The van der Waals surface area contributed by atoms with Gasteiger partial charge in [0.25, 0.3) is 0 Å². The third kappa shape index (κ3) is 1.95. The standard InChI is InChI=1S/C13H18N2O/c1-9-3-4-10(2)11(7-9)15-12(16)13(8-14)5-6-13/h3-4,7H,5-6,8,14H2,1-2H3,(H,15,16). The number of anilines is 1. The predicted octanol–water partition coefficient (Wildman–Crippen LogP) is 1.98. The van der Waals surface area contributed by atoms with Crippen molar-refractivity contribution in [3.63, 3.8) is 0 Å². The van der Waals surface area contributed by atoms with Crippen molar-refractivity contribution < 1.29 is 4.79 Å². The van der Waals surface area contributed by atoms with E-state index >= 15 is 0 Å². The summed E-state index contributed by atoms with van der Waals surface area (Å²) in [4.78, 5) is 12.0. The van der Waals surface area contributed by atoms with Gasteiger partial charge in [-0.2, -0.15) is 0 Å². The van der Waals surface area contributed by atoms with Crippen LogP contribution < -0.4 is 11.1 Å². The van der Waals surface area contributed by atoms with Gasteiger partial charge < -0.3 is 11.1 Å².